The molecule has 0 saturated heterocycles. The molecule has 1 fully saturated rings. The van der Waals surface area contributed by atoms with Crippen molar-refractivity contribution in [3.63, 3.8) is 0 Å². The van der Waals surface area contributed by atoms with Crippen molar-refractivity contribution in [3.8, 4) is 0 Å². The molecule has 5 heterocycles. The second-order valence-electron chi connectivity index (χ2n) is 14.6. The van der Waals surface area contributed by atoms with Gasteiger partial charge in [0.1, 0.15) is 11.4 Å². The van der Waals surface area contributed by atoms with E-state index in [1.165, 1.54) is 44.6 Å². The van der Waals surface area contributed by atoms with Crippen LogP contribution in [0, 0.1) is 5.41 Å². The molecule has 5 aromatic rings. The molecule has 7 amide bonds. The fraction of sp³-hybridized carbons (Fsp3) is 0.368. The van der Waals surface area contributed by atoms with Crippen molar-refractivity contribution in [3.05, 3.63) is 78.2 Å². The van der Waals surface area contributed by atoms with Gasteiger partial charge in [0.25, 0.3) is 29.5 Å². The van der Waals surface area contributed by atoms with Crippen molar-refractivity contribution < 1.29 is 33.6 Å². The van der Waals surface area contributed by atoms with Gasteiger partial charge in [0, 0.05) is 97.8 Å². The van der Waals surface area contributed by atoms with Gasteiger partial charge in [0.15, 0.2) is 17.5 Å². The van der Waals surface area contributed by atoms with Gasteiger partial charge < -0.3 is 60.5 Å². The second-order valence-corrected chi connectivity index (χ2v) is 14.6. The van der Waals surface area contributed by atoms with E-state index in [-0.39, 0.29) is 78.5 Å². The number of H-pyrrole nitrogens is 1. The first-order chi connectivity index (χ1) is 28.6. The Hall–Kier alpha value is -7.52. The largest absolute Gasteiger partial charge is 0.350 e. The summed E-state index contributed by atoms with van der Waals surface area (Å²) in [4.78, 5) is 104. The average Bonchev–Trinajstić information content (AvgIpc) is 3.76. The summed E-state index contributed by atoms with van der Waals surface area (Å²) in [6, 6.07) is 3.04. The van der Waals surface area contributed by atoms with Crippen LogP contribution in [0.1, 0.15) is 91.9 Å². The van der Waals surface area contributed by atoms with Crippen LogP contribution in [0.15, 0.2) is 49.3 Å². The van der Waals surface area contributed by atoms with E-state index in [0.29, 0.717) is 23.6 Å². The smallest absolute Gasteiger partial charge is 0.291 e. The minimum Gasteiger partial charge on any atom is -0.350 e. The van der Waals surface area contributed by atoms with Crippen LogP contribution >= 0.6 is 0 Å². The van der Waals surface area contributed by atoms with Gasteiger partial charge in [-0.05, 0) is 36.8 Å². The highest BCUT2D eigenvalue weighted by atomic mass is 16.2. The van der Waals surface area contributed by atoms with Crippen molar-refractivity contribution in [1.29, 1.82) is 0 Å². The highest BCUT2D eigenvalue weighted by Crippen LogP contribution is 2.48. The molecular formula is C38H47N15O7. The lowest BCUT2D eigenvalue weighted by molar-refractivity contribution is -0.117. The lowest BCUT2D eigenvalue weighted by Gasteiger charge is -2.15. The summed E-state index contributed by atoms with van der Waals surface area (Å²) in [6.45, 7) is 2.67. The number of imidazole rings is 3. The Kier molecular flexibility index (Phi) is 12.6. The van der Waals surface area contributed by atoms with Crippen LogP contribution < -0.4 is 37.2 Å². The number of aromatic amines is 1. The molecule has 8 N–H and O–H groups in total. The Morgan fingerprint density at radius 2 is 1.23 bits per heavy atom. The van der Waals surface area contributed by atoms with Gasteiger partial charge in [-0.3, -0.25) is 33.6 Å². The van der Waals surface area contributed by atoms with E-state index < -0.39 is 29.0 Å². The molecule has 0 bridgehead atoms. The summed E-state index contributed by atoms with van der Waals surface area (Å²) in [6.07, 6.45) is 11.5. The summed E-state index contributed by atoms with van der Waals surface area (Å²) < 4.78 is 6.08. The average molecular weight is 826 g/mol. The molecule has 0 atom stereocenters. The number of carbonyl (C=O) groups excluding carboxylic acids is 7. The number of hydrogen-bond acceptors (Lipinski definition) is 10. The van der Waals surface area contributed by atoms with E-state index >= 15 is 0 Å². The Balaban J connectivity index is 0.922. The Morgan fingerprint density at radius 1 is 0.650 bits per heavy atom. The number of amides is 7. The summed E-state index contributed by atoms with van der Waals surface area (Å²) >= 11 is 0. The minimum absolute atomic E-state index is 0.0155. The molecule has 0 spiro atoms. The first-order valence-corrected chi connectivity index (χ1v) is 19.1. The molecule has 0 radical (unpaired) electrons. The maximum absolute atomic E-state index is 13.0. The Labute approximate surface area is 343 Å². The molecule has 22 heteroatoms. The Bertz CT molecular complexity index is 2430. The summed E-state index contributed by atoms with van der Waals surface area (Å²) in [5, 5.41) is 19.1. The van der Waals surface area contributed by atoms with Crippen LogP contribution in [0.4, 0.5) is 23.0 Å². The highest BCUT2D eigenvalue weighted by molar-refractivity contribution is 6.05. The van der Waals surface area contributed by atoms with Crippen LogP contribution in [0.5, 0.6) is 0 Å². The minimum atomic E-state index is -0.560. The first-order valence-electron chi connectivity index (χ1n) is 19.1. The number of aryl methyl sites for hydroxylation is 4. The van der Waals surface area contributed by atoms with Gasteiger partial charge >= 0.3 is 0 Å². The monoisotopic (exact) mass is 825 g/mol. The van der Waals surface area contributed by atoms with Gasteiger partial charge in [-0.15, -0.1) is 0 Å². The molecular weight excluding hydrogens is 779 g/mol. The summed E-state index contributed by atoms with van der Waals surface area (Å²) in [7, 11) is 6.56. The number of anilines is 4. The molecule has 0 unspecified atom stereocenters. The third-order valence-corrected chi connectivity index (χ3v) is 9.69. The van der Waals surface area contributed by atoms with Crippen molar-refractivity contribution in [2.75, 3.05) is 40.9 Å². The van der Waals surface area contributed by atoms with Crippen LogP contribution in [0.2, 0.25) is 0 Å². The fourth-order valence-electron chi connectivity index (χ4n) is 6.34. The molecule has 5 aromatic heterocycles. The SMILES string of the molecule is CCCNC(=O)c1nc(NC(=O)c2cc(NC(=O)CCNC(=O)c3nc(NC(=O)CC4(CNC(=O)c5cc(NC(=O)c6ncc[nH]6)cn5C)CC4)cn3C)cn2C)cn1C. The lowest BCUT2D eigenvalue weighted by Crippen LogP contribution is -2.33. The van der Waals surface area contributed by atoms with Gasteiger partial charge in [0.2, 0.25) is 23.5 Å². The standard InChI is InChI=1S/C38H47N15O7/c1-6-10-41-36(59)31-48-27(20-53(31)5)49-34(57)25-14-22(17-51(25)3)44-28(54)7-11-42-37(60)32-47-26(19-52(32)4)46-29(55)16-38(8-9-38)21-43-33(56)24-15-23(18-50(24)2)45-35(58)30-39-12-13-40-30/h12-15,17-20H,6-11,16,21H2,1-5H3,(H,39,40)(H,41,59)(H,42,60)(H,43,56)(H,44,54)(H,45,58)(H,46,55)(H,49,57). The van der Waals surface area contributed by atoms with Crippen molar-refractivity contribution in [2.24, 2.45) is 33.6 Å². The summed E-state index contributed by atoms with van der Waals surface area (Å²) in [5.41, 5.74) is 0.909. The first kappa shape index (κ1) is 42.1. The molecule has 6 rings (SSSR count). The third kappa shape index (κ3) is 10.3. The number of nitrogens with zero attached hydrogens (tertiary/aromatic N) is 7. The molecule has 1 aliphatic carbocycles. The molecule has 0 aliphatic heterocycles. The van der Waals surface area contributed by atoms with Gasteiger partial charge in [0.05, 0.1) is 11.4 Å². The zero-order valence-electron chi connectivity index (χ0n) is 33.8. The predicted molar refractivity (Wildman–Crippen MR) is 217 cm³/mol. The fourth-order valence-corrected chi connectivity index (χ4v) is 6.34. The van der Waals surface area contributed by atoms with Crippen molar-refractivity contribution >= 4 is 64.4 Å². The predicted octanol–water partition coefficient (Wildman–Crippen LogP) is 1.50. The maximum Gasteiger partial charge on any atom is 0.291 e. The number of nitrogens with one attached hydrogen (secondary N) is 8. The van der Waals surface area contributed by atoms with Gasteiger partial charge in [-0.25, -0.2) is 15.0 Å². The zero-order valence-corrected chi connectivity index (χ0v) is 33.8. The number of rotatable bonds is 18. The van der Waals surface area contributed by atoms with E-state index in [2.05, 4.69) is 57.2 Å². The lowest BCUT2D eigenvalue weighted by atomic mass is 10.0. The topological polar surface area (TPSA) is 278 Å². The van der Waals surface area contributed by atoms with Crippen LogP contribution in [0.3, 0.4) is 0 Å². The third-order valence-electron chi connectivity index (χ3n) is 9.69. The van der Waals surface area contributed by atoms with Crippen LogP contribution in [0.25, 0.3) is 0 Å². The van der Waals surface area contributed by atoms with Gasteiger partial charge in [-0.2, -0.15) is 0 Å². The van der Waals surface area contributed by atoms with E-state index in [0.717, 1.165) is 19.3 Å². The summed E-state index contributed by atoms with van der Waals surface area (Å²) in [5.74, 6) is -2.30. The van der Waals surface area contributed by atoms with E-state index in [9.17, 15) is 33.6 Å². The molecule has 60 heavy (non-hydrogen) atoms. The number of aromatic nitrogens is 8. The molecule has 1 aliphatic rings. The maximum atomic E-state index is 13.0. The zero-order chi connectivity index (χ0) is 43.1. The molecule has 0 aromatic carbocycles. The van der Waals surface area contributed by atoms with Crippen molar-refractivity contribution in [1.82, 2.24) is 54.2 Å². The van der Waals surface area contributed by atoms with Crippen LogP contribution in [-0.2, 0) is 37.8 Å². The van der Waals surface area contributed by atoms with E-state index in [1.54, 1.807) is 51.2 Å². The number of hydrogen-bond donors (Lipinski definition) is 8. The van der Waals surface area contributed by atoms with Gasteiger partial charge in [-0.1, -0.05) is 6.92 Å². The van der Waals surface area contributed by atoms with Crippen molar-refractivity contribution in [2.45, 2.75) is 39.0 Å². The molecule has 316 valence electrons. The van der Waals surface area contributed by atoms with E-state index in [1.807, 2.05) is 6.92 Å². The number of carbonyl (C=O) groups is 7. The normalized spacial score (nSPS) is 12.6. The Morgan fingerprint density at radius 3 is 1.82 bits per heavy atom. The molecule has 1 saturated carbocycles. The quantitative estimate of drug-likeness (QED) is 0.0630. The highest BCUT2D eigenvalue weighted by Gasteiger charge is 2.44. The molecule has 22 nitrogen and oxygen atoms in total. The second kappa shape index (κ2) is 18.0. The van der Waals surface area contributed by atoms with E-state index in [4.69, 9.17) is 0 Å². The van der Waals surface area contributed by atoms with Crippen LogP contribution in [-0.4, -0.2) is 99.2 Å².